The van der Waals surface area contributed by atoms with Gasteiger partial charge in [0.25, 0.3) is 5.91 Å². The lowest BCUT2D eigenvalue weighted by Gasteiger charge is -2.40. The average Bonchev–Trinajstić information content (AvgIpc) is 3.12. The summed E-state index contributed by atoms with van der Waals surface area (Å²) in [6.07, 6.45) is 7.78. The molecule has 0 radical (unpaired) electrons. The fourth-order valence-corrected chi connectivity index (χ4v) is 4.94. The van der Waals surface area contributed by atoms with Crippen LogP contribution in [0.5, 0.6) is 0 Å². The van der Waals surface area contributed by atoms with Crippen LogP contribution in [0.25, 0.3) is 0 Å². The third kappa shape index (κ3) is 4.20. The van der Waals surface area contributed by atoms with Gasteiger partial charge in [-0.25, -0.2) is 4.98 Å². The Labute approximate surface area is 167 Å². The quantitative estimate of drug-likeness (QED) is 0.839. The predicted octanol–water partition coefficient (Wildman–Crippen LogP) is 3.11. The first-order valence-electron chi connectivity index (χ1n) is 10.4. The molecule has 5 heteroatoms. The largest absolute Gasteiger partial charge is 0.365 e. The summed E-state index contributed by atoms with van der Waals surface area (Å²) in [4.78, 5) is 21.2. The molecule has 2 aromatic rings. The zero-order chi connectivity index (χ0) is 19.4. The van der Waals surface area contributed by atoms with Gasteiger partial charge >= 0.3 is 0 Å². The standard InChI is InChI=1S/C23H30N4O/c24-21(28)20-10-4-13-25-22(20)27-16-12-23(18-27)11-6-15-26(17-23)14-5-9-19-7-2-1-3-8-19/h1-4,7-8,10,13H,5-6,9,11-12,14-18H2,(H2,24,28). The van der Waals surface area contributed by atoms with Crippen molar-refractivity contribution < 1.29 is 4.79 Å². The summed E-state index contributed by atoms with van der Waals surface area (Å²) >= 11 is 0. The Bertz CT molecular complexity index is 809. The Morgan fingerprint density at radius 1 is 1.07 bits per heavy atom. The maximum absolute atomic E-state index is 11.8. The first-order chi connectivity index (χ1) is 13.7. The molecule has 2 saturated heterocycles. The number of nitrogens with two attached hydrogens (primary N) is 1. The van der Waals surface area contributed by atoms with Gasteiger partial charge in [-0.3, -0.25) is 4.79 Å². The lowest BCUT2D eigenvalue weighted by Crippen LogP contribution is -2.45. The van der Waals surface area contributed by atoms with Gasteiger partial charge in [0.05, 0.1) is 5.56 Å². The Hall–Kier alpha value is -2.40. The molecule has 1 amide bonds. The molecule has 1 aromatic carbocycles. The second-order valence-corrected chi connectivity index (χ2v) is 8.38. The first kappa shape index (κ1) is 18.9. The molecule has 2 N–H and O–H groups in total. The maximum atomic E-state index is 11.8. The van der Waals surface area contributed by atoms with E-state index in [0.717, 1.165) is 44.8 Å². The lowest BCUT2D eigenvalue weighted by molar-refractivity contribution is 0.0998. The minimum atomic E-state index is -0.393. The third-order valence-electron chi connectivity index (χ3n) is 6.31. The van der Waals surface area contributed by atoms with Crippen molar-refractivity contribution in [1.82, 2.24) is 9.88 Å². The number of aryl methyl sites for hydroxylation is 1. The first-order valence-corrected chi connectivity index (χ1v) is 10.4. The van der Waals surface area contributed by atoms with Gasteiger partial charge in [0.15, 0.2) is 0 Å². The Morgan fingerprint density at radius 3 is 2.75 bits per heavy atom. The van der Waals surface area contributed by atoms with E-state index in [2.05, 4.69) is 45.1 Å². The van der Waals surface area contributed by atoms with E-state index in [0.29, 0.717) is 11.0 Å². The highest BCUT2D eigenvalue weighted by molar-refractivity contribution is 5.97. The molecule has 2 fully saturated rings. The molecule has 4 rings (SSSR count). The van der Waals surface area contributed by atoms with Crippen LogP contribution in [0.3, 0.4) is 0 Å². The number of nitrogens with zero attached hydrogens (tertiary/aromatic N) is 3. The van der Waals surface area contributed by atoms with Crippen molar-refractivity contribution in [1.29, 1.82) is 0 Å². The number of amides is 1. The average molecular weight is 379 g/mol. The molecule has 28 heavy (non-hydrogen) atoms. The number of primary amides is 1. The van der Waals surface area contributed by atoms with Gasteiger partial charge in [-0.1, -0.05) is 30.3 Å². The number of anilines is 1. The van der Waals surface area contributed by atoms with Crippen molar-refractivity contribution in [2.75, 3.05) is 37.6 Å². The van der Waals surface area contributed by atoms with Crippen LogP contribution >= 0.6 is 0 Å². The molecular formula is C23H30N4O. The van der Waals surface area contributed by atoms with Crippen LogP contribution < -0.4 is 10.6 Å². The summed E-state index contributed by atoms with van der Waals surface area (Å²) in [5.41, 5.74) is 7.84. The van der Waals surface area contributed by atoms with Gasteiger partial charge in [0.2, 0.25) is 0 Å². The number of likely N-dealkylation sites (tertiary alicyclic amines) is 1. The molecular weight excluding hydrogens is 348 g/mol. The maximum Gasteiger partial charge on any atom is 0.252 e. The Morgan fingerprint density at radius 2 is 1.93 bits per heavy atom. The summed E-state index contributed by atoms with van der Waals surface area (Å²) in [6, 6.07) is 14.3. The van der Waals surface area contributed by atoms with Crippen LogP contribution in [0.15, 0.2) is 48.7 Å². The zero-order valence-electron chi connectivity index (χ0n) is 16.5. The summed E-state index contributed by atoms with van der Waals surface area (Å²) in [5.74, 6) is 0.364. The van der Waals surface area contributed by atoms with Crippen molar-refractivity contribution in [3.8, 4) is 0 Å². The van der Waals surface area contributed by atoms with Gasteiger partial charge in [-0.2, -0.15) is 0 Å². The Balaban J connectivity index is 1.36. The van der Waals surface area contributed by atoms with Crippen molar-refractivity contribution in [3.63, 3.8) is 0 Å². The number of aromatic nitrogens is 1. The molecule has 3 heterocycles. The molecule has 1 atom stereocenters. The SMILES string of the molecule is NC(=O)c1cccnc1N1CCC2(CCCN(CCCc3ccccc3)C2)C1. The fraction of sp³-hybridized carbons (Fsp3) is 0.478. The summed E-state index contributed by atoms with van der Waals surface area (Å²) < 4.78 is 0. The summed E-state index contributed by atoms with van der Waals surface area (Å²) in [5, 5.41) is 0. The number of carbonyl (C=O) groups excluding carboxylic acids is 1. The molecule has 148 valence electrons. The smallest absolute Gasteiger partial charge is 0.252 e. The lowest BCUT2D eigenvalue weighted by atomic mass is 9.79. The van der Waals surface area contributed by atoms with E-state index in [4.69, 9.17) is 5.73 Å². The van der Waals surface area contributed by atoms with Crippen molar-refractivity contribution in [2.24, 2.45) is 11.1 Å². The van der Waals surface area contributed by atoms with Crippen molar-refractivity contribution >= 4 is 11.7 Å². The van der Waals surface area contributed by atoms with Crippen LogP contribution in [0.1, 0.15) is 41.6 Å². The van der Waals surface area contributed by atoms with Crippen molar-refractivity contribution in [2.45, 2.75) is 32.1 Å². The van der Waals surface area contributed by atoms with Crippen LogP contribution in [0, 0.1) is 5.41 Å². The zero-order valence-corrected chi connectivity index (χ0v) is 16.5. The highest BCUT2D eigenvalue weighted by Crippen LogP contribution is 2.40. The minimum Gasteiger partial charge on any atom is -0.365 e. The van der Waals surface area contributed by atoms with Gasteiger partial charge < -0.3 is 15.5 Å². The number of hydrogen-bond donors (Lipinski definition) is 1. The molecule has 1 unspecified atom stereocenters. The molecule has 1 spiro atoms. The van der Waals surface area contributed by atoms with Crippen molar-refractivity contribution in [3.05, 3.63) is 59.8 Å². The normalized spacial score (nSPS) is 22.6. The molecule has 1 aromatic heterocycles. The molecule has 0 saturated carbocycles. The van der Waals surface area contributed by atoms with Gasteiger partial charge in [-0.15, -0.1) is 0 Å². The second kappa shape index (κ2) is 8.31. The number of hydrogen-bond acceptors (Lipinski definition) is 4. The summed E-state index contributed by atoms with van der Waals surface area (Å²) in [6.45, 7) is 5.44. The van der Waals surface area contributed by atoms with E-state index < -0.39 is 5.91 Å². The molecule has 5 nitrogen and oxygen atoms in total. The highest BCUT2D eigenvalue weighted by atomic mass is 16.1. The van der Waals surface area contributed by atoms with E-state index in [-0.39, 0.29) is 0 Å². The van der Waals surface area contributed by atoms with E-state index in [1.165, 1.54) is 31.4 Å². The fourth-order valence-electron chi connectivity index (χ4n) is 4.94. The van der Waals surface area contributed by atoms with Crippen LogP contribution in [-0.4, -0.2) is 48.5 Å². The van der Waals surface area contributed by atoms with Crippen LogP contribution in [0.4, 0.5) is 5.82 Å². The monoisotopic (exact) mass is 378 g/mol. The van der Waals surface area contributed by atoms with Crippen LogP contribution in [-0.2, 0) is 6.42 Å². The van der Waals surface area contributed by atoms with E-state index in [1.807, 2.05) is 0 Å². The van der Waals surface area contributed by atoms with E-state index in [1.54, 1.807) is 18.3 Å². The number of benzene rings is 1. The van der Waals surface area contributed by atoms with Crippen LogP contribution in [0.2, 0.25) is 0 Å². The molecule has 0 bridgehead atoms. The molecule has 2 aliphatic rings. The number of piperidine rings is 1. The van der Waals surface area contributed by atoms with E-state index >= 15 is 0 Å². The van der Waals surface area contributed by atoms with Gasteiger partial charge in [0.1, 0.15) is 5.82 Å². The minimum absolute atomic E-state index is 0.317. The van der Waals surface area contributed by atoms with Gasteiger partial charge in [-0.05, 0) is 62.9 Å². The number of rotatable bonds is 6. The Kier molecular flexibility index (Phi) is 5.62. The second-order valence-electron chi connectivity index (χ2n) is 8.38. The summed E-state index contributed by atoms with van der Waals surface area (Å²) in [7, 11) is 0. The number of carbonyl (C=O) groups is 1. The van der Waals surface area contributed by atoms with Gasteiger partial charge in [0, 0.05) is 31.2 Å². The third-order valence-corrected chi connectivity index (χ3v) is 6.31. The topological polar surface area (TPSA) is 62.5 Å². The highest BCUT2D eigenvalue weighted by Gasteiger charge is 2.42. The molecule has 2 aliphatic heterocycles. The molecule has 0 aliphatic carbocycles. The predicted molar refractivity (Wildman–Crippen MR) is 112 cm³/mol. The van der Waals surface area contributed by atoms with E-state index in [9.17, 15) is 4.79 Å². The number of pyridine rings is 1.